The third-order valence-corrected chi connectivity index (χ3v) is 4.59. The molecule has 0 spiro atoms. The van der Waals surface area contributed by atoms with Gasteiger partial charge >= 0.3 is 0 Å². The molecule has 0 fully saturated rings. The molecule has 1 N–H and O–H groups in total. The van der Waals surface area contributed by atoms with Crippen LogP contribution in [-0.4, -0.2) is 32.6 Å². The summed E-state index contributed by atoms with van der Waals surface area (Å²) in [6, 6.07) is 2.90. The van der Waals surface area contributed by atoms with E-state index in [0.29, 0.717) is 0 Å². The van der Waals surface area contributed by atoms with Gasteiger partial charge in [0.25, 0.3) is 0 Å². The van der Waals surface area contributed by atoms with E-state index >= 15 is 0 Å². The second-order valence-corrected chi connectivity index (χ2v) is 6.27. The summed E-state index contributed by atoms with van der Waals surface area (Å²) < 4.78 is 51.2. The van der Waals surface area contributed by atoms with Crippen molar-refractivity contribution in [1.29, 1.82) is 0 Å². The minimum atomic E-state index is -4.14. The number of aromatic nitrogens is 2. The minimum Gasteiger partial charge on any atom is -0.493 e. The highest BCUT2D eigenvalue weighted by Gasteiger charge is 2.25. The molecule has 2 aromatic rings. The van der Waals surface area contributed by atoms with Crippen LogP contribution in [0, 0.1) is 5.82 Å². The van der Waals surface area contributed by atoms with Gasteiger partial charge in [-0.3, -0.25) is 0 Å². The van der Waals surface area contributed by atoms with Crippen LogP contribution < -0.4 is 14.2 Å². The van der Waals surface area contributed by atoms with Crippen LogP contribution >= 0.6 is 0 Å². The summed E-state index contributed by atoms with van der Waals surface area (Å²) in [7, 11) is -1.47. The van der Waals surface area contributed by atoms with Gasteiger partial charge in [0.15, 0.2) is 11.5 Å². The molecule has 0 saturated heterocycles. The summed E-state index contributed by atoms with van der Waals surface area (Å²) in [5.41, 5.74) is 0. The van der Waals surface area contributed by atoms with Crippen molar-refractivity contribution in [2.45, 2.75) is 17.9 Å². The lowest BCUT2D eigenvalue weighted by molar-refractivity contribution is 0.350. The second kappa shape index (κ2) is 6.88. The molecule has 0 aliphatic heterocycles. The molecule has 9 heteroatoms. The highest BCUT2D eigenvalue weighted by atomic mass is 32.2. The first-order chi connectivity index (χ1) is 10.9. The maximum atomic E-state index is 14.1. The summed E-state index contributed by atoms with van der Waals surface area (Å²) in [6.45, 7) is 1.56. The van der Waals surface area contributed by atoms with Crippen molar-refractivity contribution in [2.75, 3.05) is 14.2 Å². The highest BCUT2D eigenvalue weighted by Crippen LogP contribution is 2.32. The first kappa shape index (κ1) is 17.1. The maximum absolute atomic E-state index is 14.1. The van der Waals surface area contributed by atoms with E-state index in [0.717, 1.165) is 12.1 Å². The number of nitrogens with one attached hydrogen (secondary N) is 1. The summed E-state index contributed by atoms with van der Waals surface area (Å²) in [5.74, 6) is -0.463. The SMILES string of the molecule is COc1cc(F)c(S(=O)(=O)NC(C)c2ncccn2)cc1OC. The van der Waals surface area contributed by atoms with E-state index in [4.69, 9.17) is 9.47 Å². The lowest BCUT2D eigenvalue weighted by Gasteiger charge is -2.15. The van der Waals surface area contributed by atoms with Gasteiger partial charge in [-0.2, -0.15) is 0 Å². The average molecular weight is 341 g/mol. The Morgan fingerprint density at radius 3 is 2.26 bits per heavy atom. The highest BCUT2D eigenvalue weighted by molar-refractivity contribution is 7.89. The number of methoxy groups -OCH3 is 2. The number of halogens is 1. The predicted octanol–water partition coefficient (Wildman–Crippen LogP) is 1.67. The van der Waals surface area contributed by atoms with Crippen molar-refractivity contribution in [3.8, 4) is 11.5 Å². The molecule has 1 unspecified atom stereocenters. The van der Waals surface area contributed by atoms with Gasteiger partial charge in [0.1, 0.15) is 16.5 Å². The molecule has 2 rings (SSSR count). The lowest BCUT2D eigenvalue weighted by Crippen LogP contribution is -2.28. The second-order valence-electron chi connectivity index (χ2n) is 4.59. The van der Waals surface area contributed by atoms with E-state index in [1.54, 1.807) is 13.0 Å². The van der Waals surface area contributed by atoms with Crippen molar-refractivity contribution in [3.05, 3.63) is 42.2 Å². The lowest BCUT2D eigenvalue weighted by atomic mass is 10.3. The maximum Gasteiger partial charge on any atom is 0.244 e. The molecule has 0 bridgehead atoms. The summed E-state index contributed by atoms with van der Waals surface area (Å²) in [4.78, 5) is 7.38. The molecule has 0 amide bonds. The molecule has 124 valence electrons. The predicted molar refractivity (Wildman–Crippen MR) is 80.3 cm³/mol. The third kappa shape index (κ3) is 3.74. The van der Waals surface area contributed by atoms with Gasteiger partial charge in [0, 0.05) is 24.5 Å². The number of hydrogen-bond acceptors (Lipinski definition) is 6. The van der Waals surface area contributed by atoms with E-state index in [1.165, 1.54) is 26.6 Å². The summed E-state index contributed by atoms with van der Waals surface area (Å²) in [5, 5.41) is 0. The van der Waals surface area contributed by atoms with E-state index in [2.05, 4.69) is 14.7 Å². The van der Waals surface area contributed by atoms with E-state index < -0.39 is 26.8 Å². The van der Waals surface area contributed by atoms with Crippen LogP contribution in [0.4, 0.5) is 4.39 Å². The van der Waals surface area contributed by atoms with Crippen LogP contribution in [0.25, 0.3) is 0 Å². The van der Waals surface area contributed by atoms with Crippen LogP contribution in [-0.2, 0) is 10.0 Å². The normalized spacial score (nSPS) is 12.7. The molecular weight excluding hydrogens is 325 g/mol. The van der Waals surface area contributed by atoms with Crippen LogP contribution in [0.5, 0.6) is 11.5 Å². The quantitative estimate of drug-likeness (QED) is 0.859. The van der Waals surface area contributed by atoms with Gasteiger partial charge in [0.2, 0.25) is 10.0 Å². The molecular formula is C14H16FN3O4S. The first-order valence-electron chi connectivity index (χ1n) is 6.59. The van der Waals surface area contributed by atoms with Gasteiger partial charge in [-0.25, -0.2) is 27.5 Å². The number of sulfonamides is 1. The smallest absolute Gasteiger partial charge is 0.244 e. The Hall–Kier alpha value is -2.26. The van der Waals surface area contributed by atoms with Crippen molar-refractivity contribution in [2.24, 2.45) is 0 Å². The topological polar surface area (TPSA) is 90.4 Å². The number of nitrogens with zero attached hydrogens (tertiary/aromatic N) is 2. The van der Waals surface area contributed by atoms with Crippen molar-refractivity contribution in [1.82, 2.24) is 14.7 Å². The van der Waals surface area contributed by atoms with Gasteiger partial charge < -0.3 is 9.47 Å². The van der Waals surface area contributed by atoms with Crippen LogP contribution in [0.1, 0.15) is 18.8 Å². The Morgan fingerprint density at radius 2 is 1.70 bits per heavy atom. The number of benzene rings is 1. The van der Waals surface area contributed by atoms with Crippen molar-refractivity contribution >= 4 is 10.0 Å². The summed E-state index contributed by atoms with van der Waals surface area (Å²) in [6.07, 6.45) is 2.98. The Morgan fingerprint density at radius 1 is 1.13 bits per heavy atom. The molecule has 0 saturated carbocycles. The fraction of sp³-hybridized carbons (Fsp3) is 0.286. The largest absolute Gasteiger partial charge is 0.493 e. The molecule has 23 heavy (non-hydrogen) atoms. The zero-order valence-electron chi connectivity index (χ0n) is 12.8. The molecule has 1 aromatic heterocycles. The summed E-state index contributed by atoms with van der Waals surface area (Å²) >= 11 is 0. The zero-order valence-corrected chi connectivity index (χ0v) is 13.6. The molecule has 1 atom stereocenters. The number of hydrogen-bond donors (Lipinski definition) is 1. The monoisotopic (exact) mass is 341 g/mol. The van der Waals surface area contributed by atoms with E-state index in [9.17, 15) is 12.8 Å². The van der Waals surface area contributed by atoms with Crippen molar-refractivity contribution in [3.63, 3.8) is 0 Å². The third-order valence-electron chi connectivity index (χ3n) is 3.03. The fourth-order valence-corrected chi connectivity index (χ4v) is 3.20. The zero-order chi connectivity index (χ0) is 17.0. The standard InChI is InChI=1S/C14H16FN3O4S/c1-9(14-16-5-4-6-17-14)18-23(19,20)13-8-12(22-3)11(21-2)7-10(13)15/h4-9,18H,1-3H3. The van der Waals surface area contributed by atoms with Crippen LogP contribution in [0.15, 0.2) is 35.5 Å². The van der Waals surface area contributed by atoms with Crippen molar-refractivity contribution < 1.29 is 22.3 Å². The van der Waals surface area contributed by atoms with Gasteiger partial charge in [-0.15, -0.1) is 0 Å². The molecule has 1 heterocycles. The van der Waals surface area contributed by atoms with E-state index in [1.807, 2.05) is 0 Å². The van der Waals surface area contributed by atoms with Crippen LogP contribution in [0.3, 0.4) is 0 Å². The Bertz CT molecular complexity index is 784. The first-order valence-corrected chi connectivity index (χ1v) is 8.08. The van der Waals surface area contributed by atoms with Crippen LogP contribution in [0.2, 0.25) is 0 Å². The minimum absolute atomic E-state index is 0.100. The Kier molecular flexibility index (Phi) is 5.12. The fourth-order valence-electron chi connectivity index (χ4n) is 1.92. The molecule has 0 aliphatic rings. The molecule has 7 nitrogen and oxygen atoms in total. The molecule has 0 radical (unpaired) electrons. The van der Waals surface area contributed by atoms with Gasteiger partial charge in [-0.05, 0) is 13.0 Å². The van der Waals surface area contributed by atoms with E-state index in [-0.39, 0.29) is 17.3 Å². The van der Waals surface area contributed by atoms with Gasteiger partial charge in [0.05, 0.1) is 20.3 Å². The number of ether oxygens (including phenoxy) is 2. The average Bonchev–Trinajstić information content (AvgIpc) is 2.54. The Balaban J connectivity index is 2.36. The number of rotatable bonds is 6. The Labute approximate surface area is 133 Å². The van der Waals surface area contributed by atoms with Gasteiger partial charge in [-0.1, -0.05) is 0 Å². The molecule has 1 aromatic carbocycles. The molecule has 0 aliphatic carbocycles.